The Morgan fingerprint density at radius 3 is 1.71 bits per heavy atom. The summed E-state index contributed by atoms with van der Waals surface area (Å²) >= 11 is -1.78. The van der Waals surface area contributed by atoms with Crippen LogP contribution in [0.4, 0.5) is 0 Å². The molecule has 0 unspecified atom stereocenters. The van der Waals surface area contributed by atoms with Crippen molar-refractivity contribution in [3.63, 3.8) is 0 Å². The van der Waals surface area contributed by atoms with Crippen molar-refractivity contribution in [2.24, 2.45) is 0 Å². The Kier molecular flexibility index (Phi) is 3.35. The molecule has 2 heteroatoms. The minimum absolute atomic E-state index is 0.902. The molecule has 0 aliphatic heterocycles. The van der Waals surface area contributed by atoms with Crippen molar-refractivity contribution >= 4 is 0 Å². The Bertz CT molecular complexity index is 46.5. The molecule has 0 amide bonds. The van der Waals surface area contributed by atoms with Gasteiger partial charge in [0.1, 0.15) is 0 Å². The van der Waals surface area contributed by atoms with Crippen LogP contribution in [0.5, 0.6) is 0 Å². The summed E-state index contributed by atoms with van der Waals surface area (Å²) in [5.41, 5.74) is 0. The molecule has 0 N–H and O–H groups in total. The van der Waals surface area contributed by atoms with Gasteiger partial charge in [-0.15, -0.1) is 0 Å². The van der Waals surface area contributed by atoms with E-state index in [1.54, 1.807) is 0 Å². The van der Waals surface area contributed by atoms with Crippen LogP contribution in [0.2, 0.25) is 13.9 Å². The van der Waals surface area contributed by atoms with Crippen molar-refractivity contribution in [3.05, 3.63) is 0 Å². The second-order valence-electron chi connectivity index (χ2n) is 2.55. The molecule has 0 radical (unpaired) electrons. The molecule has 0 heterocycles. The van der Waals surface area contributed by atoms with Gasteiger partial charge < -0.3 is 0 Å². The summed E-state index contributed by atoms with van der Waals surface area (Å²) in [5, 5.41) is 0. The Labute approximate surface area is 51.1 Å². The molecule has 0 saturated heterocycles. The molecule has 1 nitrogen and oxygen atoms in total. The summed E-state index contributed by atoms with van der Waals surface area (Å²) in [6, 6.07) is 0. The molecule has 0 spiro atoms. The van der Waals surface area contributed by atoms with Crippen molar-refractivity contribution in [2.45, 2.75) is 20.8 Å². The van der Waals surface area contributed by atoms with Gasteiger partial charge in [0, 0.05) is 0 Å². The summed E-state index contributed by atoms with van der Waals surface area (Å²) < 4.78 is 12.2. The third-order valence-electron chi connectivity index (χ3n) is 0.577. The summed E-state index contributed by atoms with van der Waals surface area (Å²) in [7, 11) is 0. The van der Waals surface area contributed by atoms with E-state index < -0.39 is 20.7 Å². The predicted molar refractivity (Wildman–Crippen MR) is 29.2 cm³/mol. The zero-order valence-electron chi connectivity index (χ0n) is 5.62. The van der Waals surface area contributed by atoms with E-state index in [0.29, 0.717) is 0 Å². The molecule has 0 atom stereocenters. The van der Waals surface area contributed by atoms with Crippen LogP contribution in [-0.2, 0) is 23.5 Å². The Hall–Kier alpha value is 0.843. The Morgan fingerprint density at radius 1 is 1.29 bits per heavy atom. The topological polar surface area (TPSA) is 9.23 Å². The Morgan fingerprint density at radius 2 is 1.71 bits per heavy atom. The van der Waals surface area contributed by atoms with Crippen LogP contribution >= 0.6 is 0 Å². The molecule has 0 aromatic heterocycles. The van der Waals surface area contributed by atoms with Crippen molar-refractivity contribution < 1.29 is 23.5 Å². The minimum atomic E-state index is -1.78. The van der Waals surface area contributed by atoms with E-state index in [0.717, 1.165) is 6.61 Å². The zero-order chi connectivity index (χ0) is 5.91. The monoisotopic (exact) mass is 180 g/mol. The third-order valence-corrected chi connectivity index (χ3v) is 3.42. The molecule has 0 fully saturated rings. The molecule has 0 aromatic rings. The standard InChI is InChI=1S/C2H5O.3CH3.Zr/c1-2-3;;;;/h2H2,1H3;3*1H3;/q-1;;;;+1. The molecule has 0 aliphatic carbocycles. The van der Waals surface area contributed by atoms with Gasteiger partial charge >= 0.3 is 50.9 Å². The van der Waals surface area contributed by atoms with Crippen LogP contribution in [-0.4, -0.2) is 6.61 Å². The van der Waals surface area contributed by atoms with Crippen LogP contribution in [0.1, 0.15) is 6.92 Å². The average molecular weight is 181 g/mol. The molecular formula is C5H14OZr. The van der Waals surface area contributed by atoms with Crippen LogP contribution in [0.25, 0.3) is 0 Å². The van der Waals surface area contributed by atoms with Crippen molar-refractivity contribution in [1.29, 1.82) is 0 Å². The summed E-state index contributed by atoms with van der Waals surface area (Å²) in [6.45, 7) is 2.96. The first kappa shape index (κ1) is 7.84. The fraction of sp³-hybridized carbons (Fsp3) is 1.00. The molecule has 0 rings (SSSR count). The van der Waals surface area contributed by atoms with Crippen LogP contribution in [0.15, 0.2) is 0 Å². The molecule has 7 heavy (non-hydrogen) atoms. The molecular weight excluding hydrogens is 167 g/mol. The van der Waals surface area contributed by atoms with E-state index in [2.05, 4.69) is 20.8 Å². The summed E-state index contributed by atoms with van der Waals surface area (Å²) in [5.74, 6) is 0. The first-order chi connectivity index (χ1) is 3.06. The average Bonchev–Trinajstić information content (AvgIpc) is 1.30. The molecule has 0 aliphatic rings. The maximum absolute atomic E-state index is 5.44. The van der Waals surface area contributed by atoms with Gasteiger partial charge in [-0.3, -0.25) is 0 Å². The van der Waals surface area contributed by atoms with Gasteiger partial charge in [-0.25, -0.2) is 0 Å². The van der Waals surface area contributed by atoms with E-state index in [1.807, 2.05) is 0 Å². The van der Waals surface area contributed by atoms with Gasteiger partial charge in [0.25, 0.3) is 0 Å². The first-order valence-corrected chi connectivity index (χ1v) is 11.1. The molecule has 0 aromatic carbocycles. The fourth-order valence-corrected chi connectivity index (χ4v) is 2.56. The van der Waals surface area contributed by atoms with E-state index in [-0.39, 0.29) is 0 Å². The molecule has 0 saturated carbocycles. The molecule has 0 bridgehead atoms. The van der Waals surface area contributed by atoms with E-state index in [1.165, 1.54) is 0 Å². The quantitative estimate of drug-likeness (QED) is 0.635. The molecule has 44 valence electrons. The number of hydrogen-bond acceptors (Lipinski definition) is 1. The van der Waals surface area contributed by atoms with Gasteiger partial charge in [0.15, 0.2) is 0 Å². The maximum atomic E-state index is 5.44. The summed E-state index contributed by atoms with van der Waals surface area (Å²) in [6.07, 6.45) is 0. The second kappa shape index (κ2) is 2.99. The summed E-state index contributed by atoms with van der Waals surface area (Å²) in [4.78, 5) is 0. The first-order valence-electron chi connectivity index (χ1n) is 2.70. The van der Waals surface area contributed by atoms with Gasteiger partial charge in [0.05, 0.1) is 0 Å². The van der Waals surface area contributed by atoms with Gasteiger partial charge in [-0.2, -0.15) is 0 Å². The van der Waals surface area contributed by atoms with Gasteiger partial charge in [0.2, 0.25) is 0 Å². The van der Waals surface area contributed by atoms with Crippen LogP contribution in [0.3, 0.4) is 0 Å². The van der Waals surface area contributed by atoms with Crippen LogP contribution < -0.4 is 0 Å². The predicted octanol–water partition coefficient (Wildman–Crippen LogP) is 2.24. The Balaban J connectivity index is 3.15. The van der Waals surface area contributed by atoms with E-state index in [9.17, 15) is 0 Å². The van der Waals surface area contributed by atoms with Gasteiger partial charge in [-0.05, 0) is 0 Å². The SMILES string of the molecule is CC[O][Zr]([CH3])([CH3])[CH3]. The number of hydrogen-bond donors (Lipinski definition) is 0. The second-order valence-corrected chi connectivity index (χ2v) is 13.6. The van der Waals surface area contributed by atoms with Crippen molar-refractivity contribution in [2.75, 3.05) is 6.61 Å². The third kappa shape index (κ3) is 6.84. The zero-order valence-corrected chi connectivity index (χ0v) is 8.07. The van der Waals surface area contributed by atoms with E-state index in [4.69, 9.17) is 2.81 Å². The number of rotatable bonds is 2. The van der Waals surface area contributed by atoms with Crippen molar-refractivity contribution in [1.82, 2.24) is 0 Å². The van der Waals surface area contributed by atoms with Crippen LogP contribution in [0, 0.1) is 0 Å². The normalized spacial score (nSPS) is 12.0. The fourth-order valence-electron chi connectivity index (χ4n) is 0.433. The van der Waals surface area contributed by atoms with Crippen molar-refractivity contribution in [3.8, 4) is 0 Å². The van der Waals surface area contributed by atoms with Gasteiger partial charge in [-0.1, -0.05) is 0 Å². The van der Waals surface area contributed by atoms with E-state index >= 15 is 0 Å².